The Morgan fingerprint density at radius 2 is 1.78 bits per heavy atom. The van der Waals surface area contributed by atoms with E-state index in [1.807, 2.05) is 49.4 Å². The Hall–Kier alpha value is -2.88. The molecule has 2 aromatic carbocycles. The normalized spacial score (nSPS) is 36.0. The van der Waals surface area contributed by atoms with Crippen molar-refractivity contribution >= 4 is 17.8 Å². The van der Waals surface area contributed by atoms with Gasteiger partial charge in [-0.3, -0.25) is 9.59 Å². The van der Waals surface area contributed by atoms with E-state index in [9.17, 15) is 9.59 Å². The summed E-state index contributed by atoms with van der Waals surface area (Å²) in [6.07, 6.45) is 6.05. The summed E-state index contributed by atoms with van der Waals surface area (Å²) in [4.78, 5) is 37.2. The molecule has 7 rings (SSSR count). The first kappa shape index (κ1) is 28.2. The highest BCUT2D eigenvalue weighted by Gasteiger charge is 2.69. The van der Waals surface area contributed by atoms with Crippen molar-refractivity contribution < 1.29 is 33.6 Å². The molecule has 41 heavy (non-hydrogen) atoms. The lowest BCUT2D eigenvalue weighted by atomic mass is 9.58. The van der Waals surface area contributed by atoms with Crippen LogP contribution in [-0.2, 0) is 35.4 Å². The lowest BCUT2D eigenvalue weighted by Crippen LogP contribution is -2.72. The number of fused-ring (bicyclic) bond motifs is 2. The molecule has 4 heterocycles. The molecule has 4 saturated heterocycles. The molecule has 4 aliphatic heterocycles. The number of amides is 1. The second-order valence-corrected chi connectivity index (χ2v) is 12.2. The predicted octanol–water partition coefficient (Wildman–Crippen LogP) is 5.42. The van der Waals surface area contributed by atoms with Gasteiger partial charge in [0.15, 0.2) is 17.7 Å². The van der Waals surface area contributed by atoms with Crippen molar-refractivity contribution in [3.8, 4) is 0 Å². The van der Waals surface area contributed by atoms with Crippen molar-refractivity contribution in [3.63, 3.8) is 0 Å². The number of ether oxygens (including phenoxy) is 3. The molecule has 1 amide bonds. The van der Waals surface area contributed by atoms with E-state index in [0.717, 1.165) is 36.8 Å². The number of rotatable bonds is 8. The van der Waals surface area contributed by atoms with Crippen molar-refractivity contribution in [1.82, 2.24) is 5.32 Å². The molecule has 2 aromatic rings. The Morgan fingerprint density at radius 1 is 1.00 bits per heavy atom. The van der Waals surface area contributed by atoms with Crippen LogP contribution in [0.15, 0.2) is 60.7 Å². The van der Waals surface area contributed by atoms with E-state index < -0.39 is 23.9 Å². The molecule has 1 N–H and O–H groups in total. The number of ketones is 1. The van der Waals surface area contributed by atoms with E-state index in [1.165, 1.54) is 0 Å². The Morgan fingerprint density at radius 3 is 2.56 bits per heavy atom. The van der Waals surface area contributed by atoms with Crippen LogP contribution >= 0.6 is 0 Å². The van der Waals surface area contributed by atoms with E-state index >= 15 is 0 Å². The largest absolute Gasteiger partial charge is 0.367 e. The Kier molecular flexibility index (Phi) is 7.87. The molecule has 5 fully saturated rings. The molecule has 218 valence electrons. The van der Waals surface area contributed by atoms with Gasteiger partial charge in [-0.1, -0.05) is 74.5 Å². The van der Waals surface area contributed by atoms with Crippen molar-refractivity contribution in [3.05, 3.63) is 77.4 Å². The summed E-state index contributed by atoms with van der Waals surface area (Å²) in [6, 6.07) is 16.9. The topological polar surface area (TPSA) is 92.3 Å². The molecule has 5 aliphatic rings. The second-order valence-electron chi connectivity index (χ2n) is 12.2. The quantitative estimate of drug-likeness (QED) is 0.261. The van der Waals surface area contributed by atoms with Crippen LogP contribution in [0.4, 0.5) is 0 Å². The average Bonchev–Trinajstić information content (AvgIpc) is 3.21. The number of carbonyl (C=O) groups is 2. The highest BCUT2D eigenvalue weighted by Crippen LogP contribution is 2.60. The first-order valence-corrected chi connectivity index (χ1v) is 14.7. The standard InChI is InChI=1S/C33H39NO7/c1-21-9-15-27-22(2)30(38-31-33(27)26(21)17-18-32(3,39-31)40-41-33)34-29(36)20-37-19-24-12-10-23(11-13-24)14-16-28(35)25-7-5-4-6-8-25/h4-8,10-14,16,21-22,26-27,30-31H,9,15,17-20H2,1-3H3,(H,34,36)/b16-14+/t21-,22-,26+,27+,30+,31-,32-,33-/m1/s1. The molecule has 2 bridgehead atoms. The van der Waals surface area contributed by atoms with Gasteiger partial charge in [0.05, 0.1) is 6.61 Å². The molecule has 8 atom stereocenters. The Labute approximate surface area is 241 Å². The molecule has 0 radical (unpaired) electrons. The second kappa shape index (κ2) is 11.4. The summed E-state index contributed by atoms with van der Waals surface area (Å²) in [6.45, 7) is 6.50. The third-order valence-electron chi connectivity index (χ3n) is 9.43. The zero-order valence-electron chi connectivity index (χ0n) is 23.9. The van der Waals surface area contributed by atoms with Gasteiger partial charge in [0, 0.05) is 23.8 Å². The molecule has 1 saturated carbocycles. The fourth-order valence-corrected chi connectivity index (χ4v) is 7.13. The molecule has 8 heteroatoms. The van der Waals surface area contributed by atoms with E-state index in [1.54, 1.807) is 24.3 Å². The molecule has 0 unspecified atom stereocenters. The van der Waals surface area contributed by atoms with Crippen molar-refractivity contribution in [2.24, 2.45) is 23.7 Å². The van der Waals surface area contributed by atoms with Gasteiger partial charge in [0.2, 0.25) is 11.7 Å². The zero-order valence-corrected chi connectivity index (χ0v) is 23.9. The maximum Gasteiger partial charge on any atom is 0.248 e. The van der Waals surface area contributed by atoms with Crippen molar-refractivity contribution in [2.45, 2.75) is 77.0 Å². The monoisotopic (exact) mass is 561 g/mol. The summed E-state index contributed by atoms with van der Waals surface area (Å²) in [5.41, 5.74) is 1.85. The van der Waals surface area contributed by atoms with Crippen LogP contribution in [0.1, 0.15) is 67.9 Å². The molecule has 1 spiro atoms. The highest BCUT2D eigenvalue weighted by atomic mass is 17.3. The molecule has 8 nitrogen and oxygen atoms in total. The number of carbonyl (C=O) groups excluding carboxylic acids is 2. The summed E-state index contributed by atoms with van der Waals surface area (Å²) in [5.74, 6) is -0.191. The zero-order chi connectivity index (χ0) is 28.6. The predicted molar refractivity (Wildman–Crippen MR) is 151 cm³/mol. The minimum atomic E-state index is -0.849. The fourth-order valence-electron chi connectivity index (χ4n) is 7.13. The third kappa shape index (κ3) is 5.51. The van der Waals surface area contributed by atoms with Gasteiger partial charge >= 0.3 is 0 Å². The maximum absolute atomic E-state index is 12.9. The summed E-state index contributed by atoms with van der Waals surface area (Å²) in [5, 5.41) is 3.04. The van der Waals surface area contributed by atoms with Gasteiger partial charge in [0.25, 0.3) is 0 Å². The molecular weight excluding hydrogens is 522 g/mol. The third-order valence-corrected chi connectivity index (χ3v) is 9.43. The van der Waals surface area contributed by atoms with E-state index in [-0.39, 0.29) is 36.1 Å². The summed E-state index contributed by atoms with van der Waals surface area (Å²) in [7, 11) is 0. The number of allylic oxidation sites excluding steroid dienone is 1. The van der Waals surface area contributed by atoms with Gasteiger partial charge in [-0.2, -0.15) is 0 Å². The van der Waals surface area contributed by atoms with Gasteiger partial charge in [0.1, 0.15) is 12.8 Å². The summed E-state index contributed by atoms with van der Waals surface area (Å²) >= 11 is 0. The fraction of sp³-hybridized carbons (Fsp3) is 0.515. The van der Waals surface area contributed by atoms with Crippen LogP contribution in [0.5, 0.6) is 0 Å². The van der Waals surface area contributed by atoms with Crippen LogP contribution in [0.2, 0.25) is 0 Å². The molecule has 0 aromatic heterocycles. The number of hydrogen-bond donors (Lipinski definition) is 1. The van der Waals surface area contributed by atoms with Gasteiger partial charge in [-0.25, -0.2) is 9.78 Å². The Balaban J connectivity index is 1.02. The van der Waals surface area contributed by atoms with Gasteiger partial charge in [-0.05, 0) is 55.2 Å². The summed E-state index contributed by atoms with van der Waals surface area (Å²) < 4.78 is 18.5. The van der Waals surface area contributed by atoms with Crippen LogP contribution < -0.4 is 5.32 Å². The van der Waals surface area contributed by atoms with Crippen LogP contribution in [0.25, 0.3) is 6.08 Å². The average molecular weight is 562 g/mol. The van der Waals surface area contributed by atoms with Crippen molar-refractivity contribution in [1.29, 1.82) is 0 Å². The van der Waals surface area contributed by atoms with Crippen LogP contribution in [0.3, 0.4) is 0 Å². The molecule has 1 aliphatic carbocycles. The number of hydrogen-bond acceptors (Lipinski definition) is 7. The SMILES string of the molecule is C[C@H]1[C@@H](NC(=O)COCc2ccc(/C=C/C(=O)c3ccccc3)cc2)O[C@@H]2O[C@@]3(C)CC[C@H]4[C@H](C)CC[C@@H]1[C@@]24OO3. The van der Waals surface area contributed by atoms with Crippen molar-refractivity contribution in [2.75, 3.05) is 6.61 Å². The Bertz CT molecular complexity index is 1280. The molecular formula is C33H39NO7. The maximum atomic E-state index is 12.9. The minimum Gasteiger partial charge on any atom is -0.367 e. The highest BCUT2D eigenvalue weighted by molar-refractivity contribution is 6.06. The first-order chi connectivity index (χ1) is 19.8. The van der Waals surface area contributed by atoms with Crippen LogP contribution in [0, 0.1) is 23.7 Å². The lowest BCUT2D eigenvalue weighted by Gasteiger charge is -2.60. The van der Waals surface area contributed by atoms with Gasteiger partial charge in [-0.15, -0.1) is 0 Å². The first-order valence-electron chi connectivity index (χ1n) is 14.7. The number of nitrogens with one attached hydrogen (secondary N) is 1. The minimum absolute atomic E-state index is 0.0224. The van der Waals surface area contributed by atoms with E-state index in [2.05, 4.69) is 19.2 Å². The van der Waals surface area contributed by atoms with E-state index in [4.69, 9.17) is 24.0 Å². The smallest absolute Gasteiger partial charge is 0.248 e. The van der Waals surface area contributed by atoms with Gasteiger partial charge < -0.3 is 19.5 Å². The lowest BCUT2D eigenvalue weighted by molar-refractivity contribution is -0.571. The number of benzene rings is 2. The van der Waals surface area contributed by atoms with Crippen LogP contribution in [-0.4, -0.2) is 42.2 Å². The van der Waals surface area contributed by atoms with E-state index in [0.29, 0.717) is 18.1 Å².